The first-order valence-corrected chi connectivity index (χ1v) is 7.16. The van der Waals surface area contributed by atoms with Crippen molar-refractivity contribution in [1.29, 1.82) is 0 Å². The van der Waals surface area contributed by atoms with Gasteiger partial charge < -0.3 is 15.0 Å². The Bertz CT molecular complexity index is 177. The molecule has 17 heavy (non-hydrogen) atoms. The predicted octanol–water partition coefficient (Wildman–Crippen LogP) is 1.98. The fraction of sp³-hybridized carbons (Fsp3) is 1.00. The normalized spacial score (nSPS) is 19.1. The lowest BCUT2D eigenvalue weighted by Crippen LogP contribution is -2.39. The molecule has 0 spiro atoms. The van der Waals surface area contributed by atoms with E-state index >= 15 is 0 Å². The van der Waals surface area contributed by atoms with Crippen LogP contribution < -0.4 is 5.32 Å². The Hall–Kier alpha value is -0.120. The lowest BCUT2D eigenvalue weighted by molar-refractivity contribution is 0.157. The lowest BCUT2D eigenvalue weighted by Gasteiger charge is -2.33. The Labute approximate surface area is 107 Å². The maximum atomic E-state index is 5.02. The van der Waals surface area contributed by atoms with Crippen LogP contribution in [-0.2, 0) is 4.74 Å². The smallest absolute Gasteiger partial charge is 0.0474 e. The van der Waals surface area contributed by atoms with Crippen molar-refractivity contribution < 1.29 is 4.74 Å². The van der Waals surface area contributed by atoms with E-state index in [1.54, 1.807) is 7.11 Å². The summed E-state index contributed by atoms with van der Waals surface area (Å²) in [4.78, 5) is 2.60. The van der Waals surface area contributed by atoms with Crippen LogP contribution in [0.25, 0.3) is 0 Å². The van der Waals surface area contributed by atoms with Crippen molar-refractivity contribution in [3.63, 3.8) is 0 Å². The van der Waals surface area contributed by atoms with Crippen LogP contribution in [0.1, 0.15) is 33.1 Å². The molecule has 1 rings (SSSR count). The third-order valence-corrected chi connectivity index (χ3v) is 3.88. The summed E-state index contributed by atoms with van der Waals surface area (Å²) < 4.78 is 5.02. The van der Waals surface area contributed by atoms with Gasteiger partial charge in [0.15, 0.2) is 0 Å². The Morgan fingerprint density at radius 2 is 1.94 bits per heavy atom. The van der Waals surface area contributed by atoms with Gasteiger partial charge in [-0.1, -0.05) is 13.8 Å². The van der Waals surface area contributed by atoms with Gasteiger partial charge in [-0.05, 0) is 50.7 Å². The molecule has 0 radical (unpaired) electrons. The molecule has 0 aromatic heterocycles. The first kappa shape index (κ1) is 14.9. The van der Waals surface area contributed by atoms with Gasteiger partial charge >= 0.3 is 0 Å². The van der Waals surface area contributed by atoms with Crippen molar-refractivity contribution in [2.75, 3.05) is 46.4 Å². The van der Waals surface area contributed by atoms with Crippen molar-refractivity contribution in [1.82, 2.24) is 10.2 Å². The predicted molar refractivity (Wildman–Crippen MR) is 73.4 cm³/mol. The number of hydrogen-bond donors (Lipinski definition) is 1. The van der Waals surface area contributed by atoms with E-state index in [2.05, 4.69) is 24.1 Å². The van der Waals surface area contributed by atoms with Crippen molar-refractivity contribution >= 4 is 0 Å². The second-order valence-corrected chi connectivity index (χ2v) is 5.52. The second kappa shape index (κ2) is 8.90. The summed E-state index contributed by atoms with van der Waals surface area (Å²) >= 11 is 0. The number of ether oxygens (including phenoxy) is 1. The highest BCUT2D eigenvalue weighted by molar-refractivity contribution is 4.74. The second-order valence-electron chi connectivity index (χ2n) is 5.52. The molecule has 0 bridgehead atoms. The molecule has 3 nitrogen and oxygen atoms in total. The fourth-order valence-electron chi connectivity index (χ4n) is 2.55. The number of likely N-dealkylation sites (tertiary alicyclic amines) is 1. The minimum Gasteiger partial charge on any atom is -0.385 e. The number of nitrogens with zero attached hydrogens (tertiary/aromatic N) is 1. The Morgan fingerprint density at radius 1 is 1.24 bits per heavy atom. The van der Waals surface area contributed by atoms with Gasteiger partial charge in [-0.25, -0.2) is 0 Å². The molecular weight excluding hydrogens is 212 g/mol. The molecule has 1 heterocycles. The molecule has 1 fully saturated rings. The topological polar surface area (TPSA) is 24.5 Å². The number of hydrogen-bond acceptors (Lipinski definition) is 3. The first-order valence-electron chi connectivity index (χ1n) is 7.16. The van der Waals surface area contributed by atoms with E-state index in [0.29, 0.717) is 0 Å². The summed E-state index contributed by atoms with van der Waals surface area (Å²) in [5, 5.41) is 3.48. The SMILES string of the molecule is COCCCNCCN1CCC(C(C)C)CC1. The van der Waals surface area contributed by atoms with E-state index in [4.69, 9.17) is 4.74 Å². The molecule has 102 valence electrons. The standard InChI is InChI=1S/C14H30N2O/c1-13(2)14-5-9-16(10-6-14)11-8-15-7-4-12-17-3/h13-15H,4-12H2,1-3H3. The van der Waals surface area contributed by atoms with Gasteiger partial charge in [-0.2, -0.15) is 0 Å². The fourth-order valence-corrected chi connectivity index (χ4v) is 2.55. The molecule has 1 N–H and O–H groups in total. The van der Waals surface area contributed by atoms with E-state index in [0.717, 1.165) is 38.0 Å². The molecule has 0 amide bonds. The van der Waals surface area contributed by atoms with E-state index in [1.807, 2.05) is 0 Å². The number of nitrogens with one attached hydrogen (secondary N) is 1. The van der Waals surface area contributed by atoms with Crippen molar-refractivity contribution in [3.8, 4) is 0 Å². The minimum atomic E-state index is 0.865. The zero-order chi connectivity index (χ0) is 12.5. The molecule has 0 atom stereocenters. The number of methoxy groups -OCH3 is 1. The maximum absolute atomic E-state index is 5.02. The van der Waals surface area contributed by atoms with Gasteiger partial charge in [-0.15, -0.1) is 0 Å². The van der Waals surface area contributed by atoms with Crippen LogP contribution >= 0.6 is 0 Å². The van der Waals surface area contributed by atoms with Crippen LogP contribution in [0.15, 0.2) is 0 Å². The maximum Gasteiger partial charge on any atom is 0.0474 e. The third kappa shape index (κ3) is 6.39. The quantitative estimate of drug-likeness (QED) is 0.659. The van der Waals surface area contributed by atoms with Gasteiger partial charge in [0.2, 0.25) is 0 Å². The molecule has 1 aliphatic heterocycles. The third-order valence-electron chi connectivity index (χ3n) is 3.88. The van der Waals surface area contributed by atoms with Crippen molar-refractivity contribution in [2.45, 2.75) is 33.1 Å². The van der Waals surface area contributed by atoms with Crippen LogP contribution in [0.4, 0.5) is 0 Å². The molecule has 0 saturated carbocycles. The highest BCUT2D eigenvalue weighted by Gasteiger charge is 2.20. The van der Waals surface area contributed by atoms with Gasteiger partial charge in [-0.3, -0.25) is 0 Å². The summed E-state index contributed by atoms with van der Waals surface area (Å²) in [5.74, 6) is 1.82. The molecule has 1 aliphatic rings. The highest BCUT2D eigenvalue weighted by Crippen LogP contribution is 2.23. The summed E-state index contributed by atoms with van der Waals surface area (Å²) in [6.45, 7) is 11.6. The Kier molecular flexibility index (Phi) is 7.82. The molecule has 0 aliphatic carbocycles. The van der Waals surface area contributed by atoms with E-state index < -0.39 is 0 Å². The van der Waals surface area contributed by atoms with E-state index in [1.165, 1.54) is 32.5 Å². The van der Waals surface area contributed by atoms with Crippen molar-refractivity contribution in [2.24, 2.45) is 11.8 Å². The largest absolute Gasteiger partial charge is 0.385 e. The first-order chi connectivity index (χ1) is 8.24. The number of rotatable bonds is 8. The highest BCUT2D eigenvalue weighted by atomic mass is 16.5. The molecule has 0 unspecified atom stereocenters. The number of piperidine rings is 1. The van der Waals surface area contributed by atoms with Gasteiger partial charge in [0, 0.05) is 26.8 Å². The summed E-state index contributed by atoms with van der Waals surface area (Å²) in [7, 11) is 1.76. The van der Waals surface area contributed by atoms with Gasteiger partial charge in [0.05, 0.1) is 0 Å². The van der Waals surface area contributed by atoms with Crippen LogP contribution in [0, 0.1) is 11.8 Å². The van der Waals surface area contributed by atoms with Crippen LogP contribution in [-0.4, -0.2) is 51.3 Å². The summed E-state index contributed by atoms with van der Waals surface area (Å²) in [5.41, 5.74) is 0. The molecule has 0 aromatic rings. The Morgan fingerprint density at radius 3 is 2.53 bits per heavy atom. The molecular formula is C14H30N2O. The monoisotopic (exact) mass is 242 g/mol. The van der Waals surface area contributed by atoms with Gasteiger partial charge in [0.25, 0.3) is 0 Å². The van der Waals surface area contributed by atoms with Crippen LogP contribution in [0.2, 0.25) is 0 Å². The molecule has 1 saturated heterocycles. The van der Waals surface area contributed by atoms with Crippen LogP contribution in [0.5, 0.6) is 0 Å². The molecule has 3 heteroatoms. The van der Waals surface area contributed by atoms with Crippen molar-refractivity contribution in [3.05, 3.63) is 0 Å². The zero-order valence-corrected chi connectivity index (χ0v) is 11.9. The summed E-state index contributed by atoms with van der Waals surface area (Å²) in [6.07, 6.45) is 3.90. The summed E-state index contributed by atoms with van der Waals surface area (Å²) in [6, 6.07) is 0. The molecule has 0 aromatic carbocycles. The zero-order valence-electron chi connectivity index (χ0n) is 11.9. The Balaban J connectivity index is 1.95. The average Bonchev–Trinajstić information content (AvgIpc) is 2.34. The van der Waals surface area contributed by atoms with Gasteiger partial charge in [0.1, 0.15) is 0 Å². The average molecular weight is 242 g/mol. The van der Waals surface area contributed by atoms with Crippen LogP contribution in [0.3, 0.4) is 0 Å². The lowest BCUT2D eigenvalue weighted by atomic mass is 9.87. The van der Waals surface area contributed by atoms with E-state index in [-0.39, 0.29) is 0 Å². The minimum absolute atomic E-state index is 0.865. The van der Waals surface area contributed by atoms with E-state index in [9.17, 15) is 0 Å².